The quantitative estimate of drug-likeness (QED) is 0.438. The molecule has 3 N–H and O–H groups in total. The first-order valence-corrected chi connectivity index (χ1v) is 3.15. The van der Waals surface area contributed by atoms with Gasteiger partial charge in [-0.1, -0.05) is 0 Å². The first kappa shape index (κ1) is 8.94. The van der Waals surface area contributed by atoms with Gasteiger partial charge in [0, 0.05) is 12.8 Å². The topological polar surface area (TPSA) is 76.2 Å². The van der Waals surface area contributed by atoms with Gasteiger partial charge in [0.2, 0.25) is 5.91 Å². The van der Waals surface area contributed by atoms with Crippen LogP contribution in [0.5, 0.6) is 0 Å². The zero-order chi connectivity index (χ0) is 7.98. The molecule has 0 aliphatic rings. The lowest BCUT2D eigenvalue weighted by Gasteiger charge is -2.01. The lowest BCUT2D eigenvalue weighted by atomic mass is 10.3. The van der Waals surface area contributed by atoms with Crippen molar-refractivity contribution in [2.24, 2.45) is 5.73 Å². The molecule has 0 aromatic carbocycles. The number of nitrogens with two attached hydrogens (primary N) is 1. The molecule has 4 nitrogen and oxygen atoms in total. The molecular formula is C6H12N2O2. The molecule has 58 valence electrons. The maximum absolute atomic E-state index is 10.2. The van der Waals surface area contributed by atoms with E-state index in [0.717, 1.165) is 0 Å². The fourth-order valence-corrected chi connectivity index (χ4v) is 0.483. The molecule has 0 bridgehead atoms. The van der Waals surface area contributed by atoms with Crippen LogP contribution in [0.3, 0.4) is 0 Å². The molecule has 0 rings (SSSR count). The van der Waals surface area contributed by atoms with Gasteiger partial charge in [-0.3, -0.25) is 10.2 Å². The van der Waals surface area contributed by atoms with Crippen LogP contribution in [-0.2, 0) is 9.53 Å². The van der Waals surface area contributed by atoms with Crippen molar-refractivity contribution in [2.75, 3.05) is 6.61 Å². The summed E-state index contributed by atoms with van der Waals surface area (Å²) in [6, 6.07) is 0. The number of ether oxygens (including phenoxy) is 1. The van der Waals surface area contributed by atoms with Crippen LogP contribution in [0.4, 0.5) is 0 Å². The van der Waals surface area contributed by atoms with Crippen LogP contribution < -0.4 is 5.73 Å². The maximum Gasteiger partial charge on any atom is 0.217 e. The van der Waals surface area contributed by atoms with E-state index in [1.165, 1.54) is 0 Å². The molecule has 0 saturated carbocycles. The molecule has 10 heavy (non-hydrogen) atoms. The van der Waals surface area contributed by atoms with Crippen LogP contribution in [0.1, 0.15) is 19.8 Å². The number of primary amides is 1. The molecule has 0 spiro atoms. The lowest BCUT2D eigenvalue weighted by molar-refractivity contribution is -0.117. The van der Waals surface area contributed by atoms with E-state index in [9.17, 15) is 4.79 Å². The monoisotopic (exact) mass is 144 g/mol. The first-order chi connectivity index (χ1) is 4.66. The van der Waals surface area contributed by atoms with Gasteiger partial charge in [0.05, 0.1) is 6.61 Å². The normalized spacial score (nSPS) is 8.90. The van der Waals surface area contributed by atoms with E-state index in [1.807, 2.05) is 0 Å². The molecule has 0 unspecified atom stereocenters. The highest BCUT2D eigenvalue weighted by atomic mass is 16.5. The second-order valence-electron chi connectivity index (χ2n) is 1.82. The molecule has 1 amide bonds. The predicted octanol–water partition coefficient (Wildman–Crippen LogP) is 0.266. The summed E-state index contributed by atoms with van der Waals surface area (Å²) in [5, 5.41) is 7.05. The number of hydrogen-bond acceptors (Lipinski definition) is 3. The van der Waals surface area contributed by atoms with Crippen molar-refractivity contribution in [1.82, 2.24) is 0 Å². The summed E-state index contributed by atoms with van der Waals surface area (Å²) in [6.07, 6.45) is 0.502. The maximum atomic E-state index is 10.2. The zero-order valence-electron chi connectivity index (χ0n) is 6.02. The Hall–Kier alpha value is -1.06. The highest BCUT2D eigenvalue weighted by molar-refractivity contribution is 5.81. The Labute approximate surface area is 59.9 Å². The molecule has 0 heterocycles. The van der Waals surface area contributed by atoms with Crippen molar-refractivity contribution in [3.8, 4) is 0 Å². The van der Waals surface area contributed by atoms with E-state index in [0.29, 0.717) is 13.0 Å². The largest absolute Gasteiger partial charge is 0.481 e. The number of carbonyl (C=O) groups excluding carboxylic acids is 1. The van der Waals surface area contributed by atoms with E-state index in [-0.39, 0.29) is 12.3 Å². The Balaban J connectivity index is 3.30. The Kier molecular flexibility index (Phi) is 4.28. The van der Waals surface area contributed by atoms with Gasteiger partial charge >= 0.3 is 0 Å². The van der Waals surface area contributed by atoms with Gasteiger partial charge in [-0.25, -0.2) is 0 Å². The van der Waals surface area contributed by atoms with E-state index >= 15 is 0 Å². The number of nitrogens with one attached hydrogen (secondary N) is 1. The molecule has 0 aliphatic heterocycles. The fourth-order valence-electron chi connectivity index (χ4n) is 0.483. The standard InChI is InChI=1S/C6H12N2O2/c1-2-10-6(8)4-3-5(7)9/h8H,2-4H2,1H3,(H2,7,9). The summed E-state index contributed by atoms with van der Waals surface area (Å²) in [4.78, 5) is 10.2. The average molecular weight is 144 g/mol. The highest BCUT2D eigenvalue weighted by Crippen LogP contribution is 1.91. The van der Waals surface area contributed by atoms with E-state index in [4.69, 9.17) is 15.9 Å². The Morgan fingerprint density at radius 2 is 2.20 bits per heavy atom. The van der Waals surface area contributed by atoms with Gasteiger partial charge in [0.15, 0.2) is 5.90 Å². The minimum atomic E-state index is -0.399. The zero-order valence-corrected chi connectivity index (χ0v) is 6.02. The molecule has 0 saturated heterocycles. The van der Waals surface area contributed by atoms with Crippen LogP contribution >= 0.6 is 0 Å². The van der Waals surface area contributed by atoms with Gasteiger partial charge in [0.25, 0.3) is 0 Å². The van der Waals surface area contributed by atoms with Crippen molar-refractivity contribution >= 4 is 11.8 Å². The SMILES string of the molecule is CCOC(=N)CCC(N)=O. The summed E-state index contributed by atoms with van der Waals surface area (Å²) < 4.78 is 4.77. The molecular weight excluding hydrogens is 132 g/mol. The molecule has 0 aliphatic carbocycles. The van der Waals surface area contributed by atoms with Gasteiger partial charge in [-0.2, -0.15) is 0 Å². The van der Waals surface area contributed by atoms with Gasteiger partial charge in [-0.05, 0) is 6.92 Å². The molecule has 4 heteroatoms. The van der Waals surface area contributed by atoms with Crippen LogP contribution in [0.15, 0.2) is 0 Å². The third-order valence-electron chi connectivity index (χ3n) is 0.917. The molecule has 0 aromatic rings. The van der Waals surface area contributed by atoms with Crippen molar-refractivity contribution in [3.05, 3.63) is 0 Å². The Bertz CT molecular complexity index is 134. The predicted molar refractivity (Wildman–Crippen MR) is 37.8 cm³/mol. The highest BCUT2D eigenvalue weighted by Gasteiger charge is 1.99. The van der Waals surface area contributed by atoms with Gasteiger partial charge in [0.1, 0.15) is 0 Å². The second-order valence-corrected chi connectivity index (χ2v) is 1.82. The van der Waals surface area contributed by atoms with Crippen molar-refractivity contribution in [3.63, 3.8) is 0 Å². The average Bonchev–Trinajstić information content (AvgIpc) is 1.85. The minimum Gasteiger partial charge on any atom is -0.481 e. The van der Waals surface area contributed by atoms with E-state index in [2.05, 4.69) is 0 Å². The molecule has 0 aromatic heterocycles. The number of rotatable bonds is 4. The van der Waals surface area contributed by atoms with Crippen molar-refractivity contribution in [1.29, 1.82) is 5.41 Å². The van der Waals surface area contributed by atoms with Gasteiger partial charge in [-0.15, -0.1) is 0 Å². The Morgan fingerprint density at radius 3 is 2.60 bits per heavy atom. The third kappa shape index (κ3) is 5.08. The fraction of sp³-hybridized carbons (Fsp3) is 0.667. The van der Waals surface area contributed by atoms with Crippen LogP contribution in [-0.4, -0.2) is 18.4 Å². The van der Waals surface area contributed by atoms with Crippen molar-refractivity contribution < 1.29 is 9.53 Å². The van der Waals surface area contributed by atoms with E-state index < -0.39 is 5.91 Å². The Morgan fingerprint density at radius 1 is 1.60 bits per heavy atom. The van der Waals surface area contributed by atoms with Crippen LogP contribution in [0.2, 0.25) is 0 Å². The number of carbonyl (C=O) groups is 1. The molecule has 0 fully saturated rings. The minimum absolute atomic E-state index is 0.126. The second kappa shape index (κ2) is 4.78. The summed E-state index contributed by atoms with van der Waals surface area (Å²) in [5.74, 6) is -0.272. The summed E-state index contributed by atoms with van der Waals surface area (Å²) in [6.45, 7) is 2.26. The van der Waals surface area contributed by atoms with Crippen LogP contribution in [0.25, 0.3) is 0 Å². The van der Waals surface area contributed by atoms with E-state index in [1.54, 1.807) is 6.92 Å². The smallest absolute Gasteiger partial charge is 0.217 e. The van der Waals surface area contributed by atoms with Crippen LogP contribution in [0, 0.1) is 5.41 Å². The first-order valence-electron chi connectivity index (χ1n) is 3.15. The third-order valence-corrected chi connectivity index (χ3v) is 0.917. The summed E-state index contributed by atoms with van der Waals surface area (Å²) in [5.41, 5.74) is 4.85. The summed E-state index contributed by atoms with van der Waals surface area (Å²) in [7, 11) is 0. The number of amides is 1. The number of hydrogen-bond donors (Lipinski definition) is 2. The summed E-state index contributed by atoms with van der Waals surface area (Å²) >= 11 is 0. The lowest BCUT2D eigenvalue weighted by Crippen LogP contribution is -2.13. The molecule has 0 atom stereocenters. The van der Waals surface area contributed by atoms with Gasteiger partial charge < -0.3 is 10.5 Å². The molecule has 0 radical (unpaired) electrons. The van der Waals surface area contributed by atoms with Crippen molar-refractivity contribution in [2.45, 2.75) is 19.8 Å².